The van der Waals surface area contributed by atoms with E-state index in [2.05, 4.69) is 24.9 Å². The Morgan fingerprint density at radius 3 is 2.68 bits per heavy atom. The van der Waals surface area contributed by atoms with Gasteiger partial charge in [0, 0.05) is 38.4 Å². The second-order valence-corrected chi connectivity index (χ2v) is 8.61. The fourth-order valence-electron chi connectivity index (χ4n) is 3.51. The van der Waals surface area contributed by atoms with Gasteiger partial charge in [-0.1, -0.05) is 19.9 Å². The van der Waals surface area contributed by atoms with Gasteiger partial charge >= 0.3 is 0 Å². The second kappa shape index (κ2) is 5.95. The van der Waals surface area contributed by atoms with E-state index in [0.717, 1.165) is 46.0 Å². The van der Waals surface area contributed by atoms with Crippen molar-refractivity contribution in [1.29, 1.82) is 0 Å². The van der Waals surface area contributed by atoms with Gasteiger partial charge in [-0.25, -0.2) is 4.98 Å². The van der Waals surface area contributed by atoms with E-state index < -0.39 is 0 Å². The molecule has 0 spiro atoms. The molecule has 1 aromatic carbocycles. The van der Waals surface area contributed by atoms with Gasteiger partial charge < -0.3 is 4.74 Å². The zero-order chi connectivity index (χ0) is 17.6. The number of nitrogens with zero attached hydrogens (tertiary/aromatic N) is 1. The summed E-state index contributed by atoms with van der Waals surface area (Å²) in [6, 6.07) is 9.95. The highest BCUT2D eigenvalue weighted by molar-refractivity contribution is 7.18. The average molecular weight is 351 g/mol. The van der Waals surface area contributed by atoms with Crippen LogP contribution in [0.3, 0.4) is 0 Å². The van der Waals surface area contributed by atoms with Crippen LogP contribution < -0.4 is 10.2 Å². The molecule has 0 bridgehead atoms. The maximum atomic E-state index is 12.9. The van der Waals surface area contributed by atoms with E-state index in [0.29, 0.717) is 5.88 Å². The number of methoxy groups -OCH3 is 1. The number of hydrogen-bond donors (Lipinski definition) is 0. The molecule has 0 fully saturated rings. The predicted octanol–water partition coefficient (Wildman–Crippen LogP) is 4.85. The van der Waals surface area contributed by atoms with Gasteiger partial charge in [-0.15, -0.1) is 11.3 Å². The summed E-state index contributed by atoms with van der Waals surface area (Å²) in [5, 5.41) is 0.841. The third-order valence-corrected chi connectivity index (χ3v) is 6.23. The Morgan fingerprint density at radius 2 is 1.96 bits per heavy atom. The first kappa shape index (κ1) is 16.3. The van der Waals surface area contributed by atoms with Gasteiger partial charge in [0.1, 0.15) is 0 Å². The average Bonchev–Trinajstić information content (AvgIpc) is 2.60. The Labute approximate surface area is 151 Å². The zero-order valence-corrected chi connectivity index (χ0v) is 15.6. The molecule has 3 nitrogen and oxygen atoms in total. The first-order chi connectivity index (χ1) is 12.0. The highest BCUT2D eigenvalue weighted by Crippen LogP contribution is 2.38. The minimum absolute atomic E-state index is 0.221. The highest BCUT2D eigenvalue weighted by atomic mass is 32.1. The Hall–Kier alpha value is -2.20. The molecule has 0 N–H and O–H groups in total. The number of ether oxygens (including phenoxy) is 1. The Kier molecular flexibility index (Phi) is 3.88. The van der Waals surface area contributed by atoms with Crippen LogP contribution in [0.5, 0.6) is 5.88 Å². The summed E-state index contributed by atoms with van der Waals surface area (Å²) in [4.78, 5) is 18.4. The number of fused-ring (bicyclic) bond motifs is 2. The van der Waals surface area contributed by atoms with Crippen molar-refractivity contribution in [3.8, 4) is 17.0 Å². The van der Waals surface area contributed by atoms with E-state index in [-0.39, 0.29) is 10.8 Å². The second-order valence-electron chi connectivity index (χ2n) is 7.47. The fraction of sp³-hybridized carbons (Fsp3) is 0.333. The molecule has 25 heavy (non-hydrogen) atoms. The summed E-state index contributed by atoms with van der Waals surface area (Å²) in [5.41, 5.74) is 3.64. The minimum Gasteiger partial charge on any atom is -0.481 e. The van der Waals surface area contributed by atoms with Crippen LogP contribution in [0.1, 0.15) is 30.7 Å². The first-order valence-electron chi connectivity index (χ1n) is 8.56. The molecule has 0 saturated heterocycles. The van der Waals surface area contributed by atoms with Crippen molar-refractivity contribution in [2.75, 3.05) is 7.11 Å². The van der Waals surface area contributed by atoms with Gasteiger partial charge in [-0.05, 0) is 48.4 Å². The molecular formula is C21H21NO2S. The quantitative estimate of drug-likeness (QED) is 0.663. The summed E-state index contributed by atoms with van der Waals surface area (Å²) < 4.78 is 6.19. The van der Waals surface area contributed by atoms with Crippen LogP contribution in [0, 0.1) is 5.41 Å². The molecule has 0 radical (unpaired) electrons. The molecule has 2 heterocycles. The van der Waals surface area contributed by atoms with E-state index in [4.69, 9.17) is 4.74 Å². The maximum absolute atomic E-state index is 12.9. The minimum atomic E-state index is 0.221. The van der Waals surface area contributed by atoms with E-state index in [1.54, 1.807) is 18.4 Å². The van der Waals surface area contributed by atoms with Crippen molar-refractivity contribution in [3.05, 3.63) is 57.2 Å². The van der Waals surface area contributed by atoms with Gasteiger partial charge in [-0.2, -0.15) is 0 Å². The molecule has 4 heteroatoms. The van der Waals surface area contributed by atoms with Crippen molar-refractivity contribution < 1.29 is 4.74 Å². The summed E-state index contributed by atoms with van der Waals surface area (Å²) in [6.07, 6.45) is 4.79. The van der Waals surface area contributed by atoms with Crippen LogP contribution in [0.2, 0.25) is 0 Å². The van der Waals surface area contributed by atoms with Crippen LogP contribution in [-0.4, -0.2) is 12.1 Å². The molecule has 2 aromatic heterocycles. The number of hydrogen-bond acceptors (Lipinski definition) is 4. The zero-order valence-electron chi connectivity index (χ0n) is 14.8. The maximum Gasteiger partial charge on any atom is 0.212 e. The van der Waals surface area contributed by atoms with Gasteiger partial charge in [0.05, 0.1) is 7.11 Å². The molecule has 4 rings (SSSR count). The fourth-order valence-corrected chi connectivity index (χ4v) is 5.01. The highest BCUT2D eigenvalue weighted by Gasteiger charge is 2.28. The van der Waals surface area contributed by atoms with Crippen LogP contribution in [0.15, 0.2) is 41.3 Å². The molecule has 0 atom stereocenters. The van der Waals surface area contributed by atoms with Crippen molar-refractivity contribution in [2.45, 2.75) is 33.1 Å². The third-order valence-electron chi connectivity index (χ3n) is 5.04. The number of benzene rings is 1. The normalized spacial score (nSPS) is 15.8. The predicted molar refractivity (Wildman–Crippen MR) is 104 cm³/mol. The summed E-state index contributed by atoms with van der Waals surface area (Å²) in [6.45, 7) is 4.58. The van der Waals surface area contributed by atoms with E-state index in [9.17, 15) is 4.79 Å². The Morgan fingerprint density at radius 1 is 1.16 bits per heavy atom. The molecule has 128 valence electrons. The van der Waals surface area contributed by atoms with Crippen molar-refractivity contribution in [1.82, 2.24) is 4.98 Å². The lowest BCUT2D eigenvalue weighted by Crippen LogP contribution is -2.26. The number of aromatic nitrogens is 1. The first-order valence-corrected chi connectivity index (χ1v) is 9.37. The Balaban J connectivity index is 1.84. The van der Waals surface area contributed by atoms with Crippen molar-refractivity contribution >= 4 is 21.4 Å². The number of pyridine rings is 1. The van der Waals surface area contributed by atoms with Crippen molar-refractivity contribution in [2.24, 2.45) is 5.41 Å². The molecule has 0 amide bonds. The van der Waals surface area contributed by atoms with Gasteiger partial charge in [-0.3, -0.25) is 4.79 Å². The number of rotatable bonds is 2. The molecule has 0 saturated carbocycles. The van der Waals surface area contributed by atoms with Crippen molar-refractivity contribution in [3.63, 3.8) is 0 Å². The van der Waals surface area contributed by atoms with Gasteiger partial charge in [0.2, 0.25) is 5.88 Å². The van der Waals surface area contributed by atoms with Gasteiger partial charge in [0.25, 0.3) is 0 Å². The van der Waals surface area contributed by atoms with Crippen LogP contribution in [0.4, 0.5) is 0 Å². The Bertz CT molecular complexity index is 1000. The monoisotopic (exact) mass is 351 g/mol. The van der Waals surface area contributed by atoms with Crippen LogP contribution in [0.25, 0.3) is 21.2 Å². The summed E-state index contributed by atoms with van der Waals surface area (Å²) in [7, 11) is 1.61. The lowest BCUT2D eigenvalue weighted by atomic mass is 9.77. The summed E-state index contributed by atoms with van der Waals surface area (Å²) in [5.74, 6) is 0.602. The molecule has 0 unspecified atom stereocenters. The standard InChI is InChI=1S/C21H21NO2S/c1-21(2)9-8-16-18(11-21)25-17-10-13(4-6-15(17)20(16)23)14-5-7-19(24-3)22-12-14/h4-7,10,12H,8-9,11H2,1-3H3. The topological polar surface area (TPSA) is 39.2 Å². The lowest BCUT2D eigenvalue weighted by Gasteiger charge is -2.30. The third kappa shape index (κ3) is 2.95. The molecule has 1 aliphatic carbocycles. The van der Waals surface area contributed by atoms with Gasteiger partial charge in [0.15, 0.2) is 5.43 Å². The molecular weight excluding hydrogens is 330 g/mol. The molecule has 0 aliphatic heterocycles. The van der Waals surface area contributed by atoms with Crippen LogP contribution in [-0.2, 0) is 12.8 Å². The van der Waals surface area contributed by atoms with E-state index in [1.807, 2.05) is 30.5 Å². The lowest BCUT2D eigenvalue weighted by molar-refractivity contribution is 0.318. The molecule has 3 aromatic rings. The van der Waals surface area contributed by atoms with Crippen LogP contribution >= 0.6 is 11.3 Å². The van der Waals surface area contributed by atoms with E-state index >= 15 is 0 Å². The summed E-state index contributed by atoms with van der Waals surface area (Å²) >= 11 is 1.78. The SMILES string of the molecule is COc1ccc(-c2ccc3c(=O)c4c(sc3c2)CC(C)(C)CC4)cn1. The smallest absolute Gasteiger partial charge is 0.212 e. The molecule has 1 aliphatic rings. The largest absolute Gasteiger partial charge is 0.481 e. The van der Waals surface area contributed by atoms with E-state index in [1.165, 1.54) is 4.88 Å².